The number of rotatable bonds is 16. The number of carbonyl (C=O) groups excluding carboxylic acids is 2. The van der Waals surface area contributed by atoms with E-state index in [-0.39, 0.29) is 23.8 Å². The third kappa shape index (κ3) is 19.3. The number of hydrogen-bond acceptors (Lipinski definition) is 4. The summed E-state index contributed by atoms with van der Waals surface area (Å²) in [6.45, 7) is 9.22. The van der Waals surface area contributed by atoms with Crippen molar-refractivity contribution in [1.82, 2.24) is 0 Å². The molecule has 154 valence electrons. The van der Waals surface area contributed by atoms with Crippen LogP contribution in [0, 0.1) is 5.41 Å². The monoisotopic (exact) mass is 370 g/mol. The second kappa shape index (κ2) is 16.1. The molecule has 0 aliphatic carbocycles. The fourth-order valence-corrected chi connectivity index (χ4v) is 2.59. The van der Waals surface area contributed by atoms with Gasteiger partial charge in [0.25, 0.3) is 0 Å². The van der Waals surface area contributed by atoms with Crippen molar-refractivity contribution < 1.29 is 19.1 Å². The molecule has 0 aliphatic rings. The van der Waals surface area contributed by atoms with Crippen LogP contribution in [0.1, 0.15) is 111 Å². The predicted octanol–water partition coefficient (Wildman–Crippen LogP) is 6.21. The molecule has 4 heteroatoms. The Labute approximate surface area is 161 Å². The van der Waals surface area contributed by atoms with E-state index in [9.17, 15) is 9.59 Å². The van der Waals surface area contributed by atoms with Gasteiger partial charge in [0, 0.05) is 12.8 Å². The smallest absolute Gasteiger partial charge is 0.305 e. The Kier molecular flexibility index (Phi) is 15.5. The molecule has 0 aromatic heterocycles. The third-order valence-electron chi connectivity index (χ3n) is 4.19. The zero-order chi connectivity index (χ0) is 19.7. The van der Waals surface area contributed by atoms with Gasteiger partial charge in [-0.25, -0.2) is 0 Å². The minimum absolute atomic E-state index is 0.0242. The Bertz CT molecular complexity index is 358. The molecule has 0 aromatic rings. The molecule has 0 fully saturated rings. The normalized spacial score (nSPS) is 11.4. The zero-order valence-corrected chi connectivity index (χ0v) is 17.7. The lowest BCUT2D eigenvalue weighted by Gasteiger charge is -2.17. The van der Waals surface area contributed by atoms with Crippen LogP contribution in [-0.4, -0.2) is 25.2 Å². The first-order chi connectivity index (χ1) is 12.3. The van der Waals surface area contributed by atoms with Gasteiger partial charge in [-0.2, -0.15) is 0 Å². The Balaban J connectivity index is 3.35. The summed E-state index contributed by atoms with van der Waals surface area (Å²) in [6.07, 6.45) is 13.8. The van der Waals surface area contributed by atoms with E-state index in [2.05, 4.69) is 6.92 Å². The maximum atomic E-state index is 11.6. The molecule has 0 amide bonds. The van der Waals surface area contributed by atoms with Crippen molar-refractivity contribution in [3.8, 4) is 0 Å². The van der Waals surface area contributed by atoms with Gasteiger partial charge in [-0.3, -0.25) is 9.59 Å². The summed E-state index contributed by atoms with van der Waals surface area (Å²) in [5, 5.41) is 0. The lowest BCUT2D eigenvalue weighted by atomic mass is 9.99. The van der Waals surface area contributed by atoms with Gasteiger partial charge in [-0.1, -0.05) is 85.5 Å². The van der Waals surface area contributed by atoms with E-state index in [4.69, 9.17) is 9.47 Å². The molecule has 4 nitrogen and oxygen atoms in total. The van der Waals surface area contributed by atoms with Crippen LogP contribution >= 0.6 is 0 Å². The molecule has 0 spiro atoms. The number of ether oxygens (including phenoxy) is 2. The molecule has 26 heavy (non-hydrogen) atoms. The van der Waals surface area contributed by atoms with Crippen molar-refractivity contribution in [2.75, 3.05) is 13.2 Å². The van der Waals surface area contributed by atoms with E-state index < -0.39 is 0 Å². The zero-order valence-electron chi connectivity index (χ0n) is 17.7. The van der Waals surface area contributed by atoms with Gasteiger partial charge in [0.2, 0.25) is 0 Å². The minimum Gasteiger partial charge on any atom is -0.466 e. The lowest BCUT2D eigenvalue weighted by Crippen LogP contribution is -2.18. The number of unbranched alkanes of at least 4 members (excludes halogenated alkanes) is 9. The van der Waals surface area contributed by atoms with Crippen molar-refractivity contribution in [3.63, 3.8) is 0 Å². The Morgan fingerprint density at radius 1 is 0.654 bits per heavy atom. The molecule has 0 bridgehead atoms. The van der Waals surface area contributed by atoms with Crippen molar-refractivity contribution in [3.05, 3.63) is 0 Å². The fourth-order valence-electron chi connectivity index (χ4n) is 2.59. The van der Waals surface area contributed by atoms with Gasteiger partial charge < -0.3 is 9.47 Å². The highest BCUT2D eigenvalue weighted by Gasteiger charge is 2.14. The second-order valence-electron chi connectivity index (χ2n) is 8.48. The standard InChI is InChI=1S/C22H42O4/c1-5-6-7-8-9-10-11-12-13-14-18-25-20(23)16-15-17-21(24)26-19-22(2,3)4/h5-19H2,1-4H3. The molecule has 0 aromatic carbocycles. The van der Waals surface area contributed by atoms with Gasteiger partial charge in [0.05, 0.1) is 13.2 Å². The highest BCUT2D eigenvalue weighted by atomic mass is 16.5. The number of esters is 2. The Hall–Kier alpha value is -1.06. The molecule has 0 saturated heterocycles. The van der Waals surface area contributed by atoms with Crippen LogP contribution in [-0.2, 0) is 19.1 Å². The molecule has 0 N–H and O–H groups in total. The van der Waals surface area contributed by atoms with Gasteiger partial charge >= 0.3 is 11.9 Å². The second-order valence-corrected chi connectivity index (χ2v) is 8.48. The average Bonchev–Trinajstić information content (AvgIpc) is 2.57. The quantitative estimate of drug-likeness (QED) is 0.239. The number of hydrogen-bond donors (Lipinski definition) is 0. The molecule has 0 heterocycles. The lowest BCUT2D eigenvalue weighted by molar-refractivity contribution is -0.147. The van der Waals surface area contributed by atoms with Crippen molar-refractivity contribution in [2.24, 2.45) is 5.41 Å². The van der Waals surface area contributed by atoms with Crippen molar-refractivity contribution in [1.29, 1.82) is 0 Å². The molecule has 0 aliphatic heterocycles. The summed E-state index contributed by atoms with van der Waals surface area (Å²) in [7, 11) is 0. The van der Waals surface area contributed by atoms with Crippen molar-refractivity contribution in [2.45, 2.75) is 111 Å². The van der Waals surface area contributed by atoms with Crippen LogP contribution in [0.4, 0.5) is 0 Å². The fraction of sp³-hybridized carbons (Fsp3) is 0.909. The maximum absolute atomic E-state index is 11.6. The van der Waals surface area contributed by atoms with Gasteiger partial charge in [0.15, 0.2) is 0 Å². The van der Waals surface area contributed by atoms with E-state index in [0.29, 0.717) is 26.1 Å². The summed E-state index contributed by atoms with van der Waals surface area (Å²) in [5.41, 5.74) is -0.0242. The van der Waals surface area contributed by atoms with E-state index in [1.807, 2.05) is 20.8 Å². The van der Waals surface area contributed by atoms with Crippen LogP contribution in [0.3, 0.4) is 0 Å². The first-order valence-corrected chi connectivity index (χ1v) is 10.7. The summed E-state index contributed by atoms with van der Waals surface area (Å²) >= 11 is 0. The van der Waals surface area contributed by atoms with Crippen molar-refractivity contribution >= 4 is 11.9 Å². The van der Waals surface area contributed by atoms with E-state index >= 15 is 0 Å². The molecule has 0 rings (SSSR count). The van der Waals surface area contributed by atoms with Gasteiger partial charge in [-0.05, 0) is 18.3 Å². The van der Waals surface area contributed by atoms with E-state index in [0.717, 1.165) is 12.8 Å². The van der Waals surface area contributed by atoms with Gasteiger partial charge in [0.1, 0.15) is 0 Å². The summed E-state index contributed by atoms with van der Waals surface area (Å²) < 4.78 is 10.4. The molecule has 0 radical (unpaired) electrons. The summed E-state index contributed by atoms with van der Waals surface area (Å²) in [6, 6.07) is 0. The first-order valence-electron chi connectivity index (χ1n) is 10.7. The van der Waals surface area contributed by atoms with Crippen LogP contribution < -0.4 is 0 Å². The van der Waals surface area contributed by atoms with Crippen LogP contribution in [0.2, 0.25) is 0 Å². The highest BCUT2D eigenvalue weighted by molar-refractivity contribution is 5.72. The predicted molar refractivity (Wildman–Crippen MR) is 107 cm³/mol. The highest BCUT2D eigenvalue weighted by Crippen LogP contribution is 2.14. The number of carbonyl (C=O) groups is 2. The first kappa shape index (κ1) is 24.9. The molecule has 0 saturated carbocycles. The molecular weight excluding hydrogens is 328 g/mol. The maximum Gasteiger partial charge on any atom is 0.305 e. The van der Waals surface area contributed by atoms with Crippen LogP contribution in [0.5, 0.6) is 0 Å². The largest absolute Gasteiger partial charge is 0.466 e. The van der Waals surface area contributed by atoms with E-state index in [1.54, 1.807) is 0 Å². The third-order valence-corrected chi connectivity index (χ3v) is 4.19. The Morgan fingerprint density at radius 3 is 1.62 bits per heavy atom. The SMILES string of the molecule is CCCCCCCCCCCCOC(=O)CCCC(=O)OCC(C)(C)C. The minimum atomic E-state index is -0.234. The molecule has 0 atom stereocenters. The topological polar surface area (TPSA) is 52.6 Å². The van der Waals surface area contributed by atoms with E-state index in [1.165, 1.54) is 51.4 Å². The molecular formula is C22H42O4. The molecule has 0 unspecified atom stereocenters. The Morgan fingerprint density at radius 2 is 1.12 bits per heavy atom. The van der Waals surface area contributed by atoms with Crippen LogP contribution in [0.25, 0.3) is 0 Å². The average molecular weight is 371 g/mol. The summed E-state index contributed by atoms with van der Waals surface area (Å²) in [5.74, 6) is -0.438. The summed E-state index contributed by atoms with van der Waals surface area (Å²) in [4.78, 5) is 23.2. The van der Waals surface area contributed by atoms with Crippen LogP contribution in [0.15, 0.2) is 0 Å². The van der Waals surface area contributed by atoms with Gasteiger partial charge in [-0.15, -0.1) is 0 Å².